The van der Waals surface area contributed by atoms with Crippen molar-refractivity contribution in [3.8, 4) is 22.8 Å². The zero-order valence-electron chi connectivity index (χ0n) is 18.0. The Bertz CT molecular complexity index is 1400. The van der Waals surface area contributed by atoms with Gasteiger partial charge in [0.2, 0.25) is 11.1 Å². The predicted molar refractivity (Wildman–Crippen MR) is 123 cm³/mol. The number of halogens is 1. The molecule has 2 heterocycles. The van der Waals surface area contributed by atoms with Crippen molar-refractivity contribution >= 4 is 28.9 Å². The molecule has 0 saturated carbocycles. The van der Waals surface area contributed by atoms with E-state index in [-0.39, 0.29) is 17.2 Å². The van der Waals surface area contributed by atoms with Crippen LogP contribution >= 0.6 is 11.8 Å². The molecule has 0 aliphatic rings. The number of fused-ring (bicyclic) bond motifs is 1. The van der Waals surface area contributed by atoms with Crippen LogP contribution < -0.4 is 20.3 Å². The summed E-state index contributed by atoms with van der Waals surface area (Å²) in [6.45, 7) is 1.77. The highest BCUT2D eigenvalue weighted by atomic mass is 32.2. The number of nitrogens with one attached hydrogen (secondary N) is 2. The molecule has 0 radical (unpaired) electrons. The van der Waals surface area contributed by atoms with Crippen LogP contribution in [0.5, 0.6) is 11.5 Å². The number of anilines is 1. The van der Waals surface area contributed by atoms with E-state index in [1.165, 1.54) is 23.8 Å². The lowest BCUT2D eigenvalue weighted by atomic mass is 10.1. The van der Waals surface area contributed by atoms with E-state index in [0.717, 1.165) is 17.3 Å². The van der Waals surface area contributed by atoms with Crippen LogP contribution in [0.3, 0.4) is 0 Å². The fourth-order valence-corrected chi connectivity index (χ4v) is 3.87. The lowest BCUT2D eigenvalue weighted by Crippen LogP contribution is -2.17. The third-order valence-corrected chi connectivity index (χ3v) is 5.79. The van der Waals surface area contributed by atoms with Gasteiger partial charge in [-0.3, -0.25) is 9.59 Å². The highest BCUT2D eigenvalue weighted by Gasteiger charge is 2.16. The molecule has 0 aliphatic carbocycles. The van der Waals surface area contributed by atoms with Crippen LogP contribution in [0.4, 0.5) is 10.1 Å². The van der Waals surface area contributed by atoms with E-state index < -0.39 is 11.4 Å². The van der Waals surface area contributed by atoms with Crippen molar-refractivity contribution in [2.45, 2.75) is 12.1 Å². The van der Waals surface area contributed by atoms with Crippen molar-refractivity contribution < 1.29 is 18.7 Å². The highest BCUT2D eigenvalue weighted by molar-refractivity contribution is 7.99. The number of hydrogen-bond acceptors (Lipinski definition) is 7. The number of methoxy groups -OCH3 is 2. The molecule has 0 saturated heterocycles. The zero-order valence-corrected chi connectivity index (χ0v) is 18.8. The fourth-order valence-electron chi connectivity index (χ4n) is 3.17. The van der Waals surface area contributed by atoms with E-state index in [2.05, 4.69) is 20.6 Å². The molecular weight excluding hydrogens is 449 g/mol. The normalized spacial score (nSPS) is 10.9. The van der Waals surface area contributed by atoms with Gasteiger partial charge in [-0.05, 0) is 48.9 Å². The summed E-state index contributed by atoms with van der Waals surface area (Å²) in [6, 6.07) is 11.1. The van der Waals surface area contributed by atoms with Gasteiger partial charge in [0.05, 0.1) is 25.7 Å². The van der Waals surface area contributed by atoms with Crippen molar-refractivity contribution in [1.82, 2.24) is 19.8 Å². The number of H-pyrrole nitrogens is 1. The number of aromatic nitrogens is 4. The SMILES string of the molecule is COc1ccc(-c2cc3c(=O)[nH]nc(SCC(=O)Nc4cc(F)ccc4C)n3n2)cc1OC. The second-order valence-electron chi connectivity index (χ2n) is 7.03. The van der Waals surface area contributed by atoms with Crippen LogP contribution in [-0.4, -0.2) is 45.7 Å². The minimum Gasteiger partial charge on any atom is -0.493 e. The van der Waals surface area contributed by atoms with Gasteiger partial charge in [-0.25, -0.2) is 14.0 Å². The van der Waals surface area contributed by atoms with Crippen LogP contribution in [0.25, 0.3) is 16.8 Å². The number of carbonyl (C=O) groups excluding carboxylic acids is 1. The van der Waals surface area contributed by atoms with E-state index in [0.29, 0.717) is 33.6 Å². The summed E-state index contributed by atoms with van der Waals surface area (Å²) in [5, 5.41) is 14.0. The summed E-state index contributed by atoms with van der Waals surface area (Å²) in [7, 11) is 3.08. The number of amides is 1. The highest BCUT2D eigenvalue weighted by Crippen LogP contribution is 2.32. The molecule has 2 N–H and O–H groups in total. The number of thioether (sulfide) groups is 1. The fraction of sp³-hybridized carbons (Fsp3) is 0.182. The molecule has 2 aromatic heterocycles. The molecule has 0 unspecified atom stereocenters. The number of hydrogen-bond donors (Lipinski definition) is 2. The van der Waals surface area contributed by atoms with Crippen molar-refractivity contribution in [2.75, 3.05) is 25.3 Å². The van der Waals surface area contributed by atoms with E-state index in [9.17, 15) is 14.0 Å². The quantitative estimate of drug-likeness (QED) is 0.400. The van der Waals surface area contributed by atoms with Crippen molar-refractivity contribution in [1.29, 1.82) is 0 Å². The molecule has 0 fully saturated rings. The molecule has 170 valence electrons. The zero-order chi connectivity index (χ0) is 23.5. The Hall–Kier alpha value is -3.86. The molecule has 9 nitrogen and oxygen atoms in total. The van der Waals surface area contributed by atoms with E-state index in [1.54, 1.807) is 44.4 Å². The second-order valence-corrected chi connectivity index (χ2v) is 7.97. The number of carbonyl (C=O) groups is 1. The van der Waals surface area contributed by atoms with Crippen LogP contribution in [0.1, 0.15) is 5.56 Å². The maximum Gasteiger partial charge on any atom is 0.290 e. The van der Waals surface area contributed by atoms with Gasteiger partial charge in [-0.15, -0.1) is 5.10 Å². The first-order valence-corrected chi connectivity index (χ1v) is 10.8. The number of nitrogens with zero attached hydrogens (tertiary/aromatic N) is 3. The second kappa shape index (κ2) is 9.33. The summed E-state index contributed by atoms with van der Waals surface area (Å²) in [6.07, 6.45) is 0. The summed E-state index contributed by atoms with van der Waals surface area (Å²) in [4.78, 5) is 24.7. The maximum absolute atomic E-state index is 13.5. The van der Waals surface area contributed by atoms with Gasteiger partial charge < -0.3 is 14.8 Å². The van der Waals surface area contributed by atoms with Crippen molar-refractivity contribution in [2.24, 2.45) is 0 Å². The average Bonchev–Trinajstić information content (AvgIpc) is 3.27. The van der Waals surface area contributed by atoms with Crippen LogP contribution in [0, 0.1) is 12.7 Å². The number of aryl methyl sites for hydroxylation is 1. The lowest BCUT2D eigenvalue weighted by Gasteiger charge is -2.08. The third-order valence-electron chi connectivity index (χ3n) is 4.86. The maximum atomic E-state index is 13.5. The molecule has 1 amide bonds. The first-order valence-electron chi connectivity index (χ1n) is 9.79. The molecule has 0 bridgehead atoms. The van der Waals surface area contributed by atoms with Crippen LogP contribution in [-0.2, 0) is 4.79 Å². The first-order chi connectivity index (χ1) is 15.9. The molecule has 0 spiro atoms. The number of benzene rings is 2. The predicted octanol–water partition coefficient (Wildman–Crippen LogP) is 3.28. The van der Waals surface area contributed by atoms with Gasteiger partial charge >= 0.3 is 0 Å². The molecular formula is C22H20FN5O4S. The van der Waals surface area contributed by atoms with Gasteiger partial charge in [0.1, 0.15) is 11.3 Å². The topological polar surface area (TPSA) is 111 Å². The monoisotopic (exact) mass is 469 g/mol. The Morgan fingerprint density at radius 3 is 2.70 bits per heavy atom. The van der Waals surface area contributed by atoms with Crippen LogP contribution in [0.15, 0.2) is 52.4 Å². The largest absolute Gasteiger partial charge is 0.493 e. The molecule has 4 rings (SSSR count). The standard InChI is InChI=1S/C22H20FN5O4S/c1-12-4-6-14(23)9-15(12)24-20(29)11-33-22-26-25-21(30)17-10-16(27-28(17)22)13-5-7-18(31-2)19(8-13)32-3/h4-10H,11H2,1-3H3,(H,24,29)(H,25,30). The summed E-state index contributed by atoms with van der Waals surface area (Å²) in [5.41, 5.74) is 2.24. The lowest BCUT2D eigenvalue weighted by molar-refractivity contribution is -0.113. The first kappa shape index (κ1) is 22.3. The van der Waals surface area contributed by atoms with Gasteiger partial charge in [0.25, 0.3) is 5.56 Å². The third kappa shape index (κ3) is 4.67. The van der Waals surface area contributed by atoms with Gasteiger partial charge in [-0.1, -0.05) is 17.8 Å². The smallest absolute Gasteiger partial charge is 0.290 e. The Labute approximate surface area is 191 Å². The number of aromatic amines is 1. The van der Waals surface area contributed by atoms with E-state index in [4.69, 9.17) is 9.47 Å². The number of ether oxygens (including phenoxy) is 2. The summed E-state index contributed by atoms with van der Waals surface area (Å²) < 4.78 is 25.4. The Kier molecular flexibility index (Phi) is 6.31. The Balaban J connectivity index is 1.58. The summed E-state index contributed by atoms with van der Waals surface area (Å²) >= 11 is 1.09. The molecule has 0 atom stereocenters. The van der Waals surface area contributed by atoms with Gasteiger partial charge in [-0.2, -0.15) is 5.10 Å². The van der Waals surface area contributed by atoms with Crippen LogP contribution in [0.2, 0.25) is 0 Å². The van der Waals surface area contributed by atoms with E-state index in [1.807, 2.05) is 0 Å². The average molecular weight is 469 g/mol. The van der Waals surface area contributed by atoms with E-state index >= 15 is 0 Å². The number of rotatable bonds is 7. The Morgan fingerprint density at radius 1 is 1.15 bits per heavy atom. The summed E-state index contributed by atoms with van der Waals surface area (Å²) in [5.74, 6) is 0.294. The Morgan fingerprint density at radius 2 is 1.94 bits per heavy atom. The minimum atomic E-state index is -0.438. The molecule has 33 heavy (non-hydrogen) atoms. The van der Waals surface area contributed by atoms with Crippen molar-refractivity contribution in [3.63, 3.8) is 0 Å². The van der Waals surface area contributed by atoms with Crippen molar-refractivity contribution in [3.05, 3.63) is 64.2 Å². The molecule has 2 aromatic carbocycles. The minimum absolute atomic E-state index is 0.0182. The van der Waals surface area contributed by atoms with Gasteiger partial charge in [0, 0.05) is 11.3 Å². The molecule has 0 aliphatic heterocycles. The molecule has 11 heteroatoms. The molecule has 4 aromatic rings. The van der Waals surface area contributed by atoms with Gasteiger partial charge in [0.15, 0.2) is 11.5 Å².